The third-order valence-electron chi connectivity index (χ3n) is 2.74. The van der Waals surface area contributed by atoms with Crippen molar-refractivity contribution in [1.82, 2.24) is 0 Å². The van der Waals surface area contributed by atoms with Gasteiger partial charge in [-0.2, -0.15) is 0 Å². The van der Waals surface area contributed by atoms with Gasteiger partial charge >= 0.3 is 0 Å². The van der Waals surface area contributed by atoms with E-state index in [2.05, 4.69) is 24.5 Å². The number of nitrogens with one attached hydrogen (secondary N) is 2. The molecule has 0 radical (unpaired) electrons. The zero-order valence-electron chi connectivity index (χ0n) is 10.5. The lowest BCUT2D eigenvalue weighted by Crippen LogP contribution is -2.25. The quantitative estimate of drug-likeness (QED) is 0.882. The SMILES string of the molecule is CC(C)CCNc1cc2c(cc1Cl)NC(=O)CO2. The maximum absolute atomic E-state index is 11.2. The lowest BCUT2D eigenvalue weighted by Gasteiger charge is -2.20. The molecular formula is C13H17ClN2O2. The van der Waals surface area contributed by atoms with Crippen LogP contribution in [0.1, 0.15) is 20.3 Å². The predicted octanol–water partition coefficient (Wildman–Crippen LogP) is 3.13. The summed E-state index contributed by atoms with van der Waals surface area (Å²) in [6.45, 7) is 5.27. The van der Waals surface area contributed by atoms with E-state index in [0.717, 1.165) is 18.7 Å². The molecule has 1 aromatic rings. The monoisotopic (exact) mass is 268 g/mol. The molecule has 0 aliphatic carbocycles. The first-order chi connectivity index (χ1) is 8.56. The number of benzene rings is 1. The topological polar surface area (TPSA) is 50.4 Å². The number of hydrogen-bond donors (Lipinski definition) is 2. The molecule has 2 N–H and O–H groups in total. The molecule has 0 spiro atoms. The van der Waals surface area contributed by atoms with Gasteiger partial charge in [0.2, 0.25) is 0 Å². The highest BCUT2D eigenvalue weighted by Gasteiger charge is 2.17. The van der Waals surface area contributed by atoms with Crippen molar-refractivity contribution >= 4 is 28.9 Å². The van der Waals surface area contributed by atoms with Crippen LogP contribution >= 0.6 is 11.6 Å². The maximum Gasteiger partial charge on any atom is 0.262 e. The summed E-state index contributed by atoms with van der Waals surface area (Å²) in [5, 5.41) is 6.59. The third kappa shape index (κ3) is 3.07. The van der Waals surface area contributed by atoms with E-state index < -0.39 is 0 Å². The molecule has 18 heavy (non-hydrogen) atoms. The summed E-state index contributed by atoms with van der Waals surface area (Å²) in [7, 11) is 0. The molecule has 98 valence electrons. The molecule has 0 bridgehead atoms. The Morgan fingerprint density at radius 2 is 2.28 bits per heavy atom. The van der Waals surface area contributed by atoms with Gasteiger partial charge in [0.05, 0.1) is 16.4 Å². The van der Waals surface area contributed by atoms with Crippen LogP contribution in [0.25, 0.3) is 0 Å². The molecule has 0 aromatic heterocycles. The number of rotatable bonds is 4. The molecule has 1 amide bonds. The Labute approximate surface area is 112 Å². The van der Waals surface area contributed by atoms with Crippen molar-refractivity contribution in [1.29, 1.82) is 0 Å². The second-order valence-electron chi connectivity index (χ2n) is 4.77. The molecule has 0 saturated carbocycles. The van der Waals surface area contributed by atoms with Gasteiger partial charge in [-0.15, -0.1) is 0 Å². The highest BCUT2D eigenvalue weighted by atomic mass is 35.5. The Morgan fingerprint density at radius 3 is 3.00 bits per heavy atom. The van der Waals surface area contributed by atoms with Gasteiger partial charge in [-0.1, -0.05) is 25.4 Å². The van der Waals surface area contributed by atoms with Gasteiger partial charge < -0.3 is 15.4 Å². The first-order valence-electron chi connectivity index (χ1n) is 6.06. The van der Waals surface area contributed by atoms with Gasteiger partial charge in [-0.25, -0.2) is 0 Å². The van der Waals surface area contributed by atoms with E-state index in [-0.39, 0.29) is 12.5 Å². The summed E-state index contributed by atoms with van der Waals surface area (Å²) in [5.41, 5.74) is 1.47. The largest absolute Gasteiger partial charge is 0.482 e. The molecule has 5 heteroatoms. The molecule has 1 aromatic carbocycles. The van der Waals surface area contributed by atoms with Gasteiger partial charge in [-0.3, -0.25) is 4.79 Å². The van der Waals surface area contributed by atoms with Crippen molar-refractivity contribution in [3.8, 4) is 5.75 Å². The Morgan fingerprint density at radius 1 is 1.50 bits per heavy atom. The zero-order valence-corrected chi connectivity index (χ0v) is 11.3. The summed E-state index contributed by atoms with van der Waals surface area (Å²) >= 11 is 6.15. The maximum atomic E-state index is 11.2. The van der Waals surface area contributed by atoms with Gasteiger partial charge in [0.1, 0.15) is 5.75 Å². The van der Waals surface area contributed by atoms with Crippen molar-refractivity contribution in [2.45, 2.75) is 20.3 Å². The number of ether oxygens (including phenoxy) is 1. The van der Waals surface area contributed by atoms with Gasteiger partial charge in [0, 0.05) is 12.6 Å². The molecule has 2 rings (SSSR count). The van der Waals surface area contributed by atoms with Crippen LogP contribution in [0.15, 0.2) is 12.1 Å². The van der Waals surface area contributed by atoms with E-state index in [4.69, 9.17) is 16.3 Å². The summed E-state index contributed by atoms with van der Waals surface area (Å²) in [6.07, 6.45) is 1.07. The second-order valence-corrected chi connectivity index (χ2v) is 5.18. The molecule has 0 unspecified atom stereocenters. The average molecular weight is 269 g/mol. The highest BCUT2D eigenvalue weighted by Crippen LogP contribution is 2.36. The number of halogens is 1. The van der Waals surface area contributed by atoms with E-state index in [1.807, 2.05) is 6.07 Å². The fraction of sp³-hybridized carbons (Fsp3) is 0.462. The lowest BCUT2D eigenvalue weighted by atomic mass is 10.1. The number of carbonyl (C=O) groups is 1. The average Bonchev–Trinajstić information content (AvgIpc) is 2.29. The number of hydrogen-bond acceptors (Lipinski definition) is 3. The first kappa shape index (κ1) is 13.0. The van der Waals surface area contributed by atoms with Gasteiger partial charge in [0.25, 0.3) is 5.91 Å². The van der Waals surface area contributed by atoms with Crippen LogP contribution < -0.4 is 15.4 Å². The Balaban J connectivity index is 2.10. The second kappa shape index (κ2) is 5.48. The first-order valence-corrected chi connectivity index (χ1v) is 6.44. The number of anilines is 2. The van der Waals surface area contributed by atoms with Crippen LogP contribution in [-0.4, -0.2) is 19.1 Å². The van der Waals surface area contributed by atoms with Crippen LogP contribution in [-0.2, 0) is 4.79 Å². The van der Waals surface area contributed by atoms with Crippen molar-refractivity contribution < 1.29 is 9.53 Å². The van der Waals surface area contributed by atoms with Crippen LogP contribution in [0.4, 0.5) is 11.4 Å². The summed E-state index contributed by atoms with van der Waals surface area (Å²) in [4.78, 5) is 11.2. The molecule has 1 aliphatic rings. The summed E-state index contributed by atoms with van der Waals surface area (Å²) < 4.78 is 5.35. The zero-order chi connectivity index (χ0) is 13.1. The molecule has 0 saturated heterocycles. The minimum atomic E-state index is -0.154. The Bertz CT molecular complexity index is 461. The van der Waals surface area contributed by atoms with E-state index in [0.29, 0.717) is 22.4 Å². The van der Waals surface area contributed by atoms with Crippen molar-refractivity contribution in [2.24, 2.45) is 5.92 Å². The smallest absolute Gasteiger partial charge is 0.262 e. The van der Waals surface area contributed by atoms with Crippen molar-refractivity contribution in [2.75, 3.05) is 23.8 Å². The summed E-state index contributed by atoms with van der Waals surface area (Å²) in [5.74, 6) is 1.15. The number of amides is 1. The number of fused-ring (bicyclic) bond motifs is 1. The van der Waals surface area contributed by atoms with Gasteiger partial charge in [0.15, 0.2) is 6.61 Å². The Hall–Kier alpha value is -1.42. The fourth-order valence-corrected chi connectivity index (χ4v) is 1.96. The van der Waals surface area contributed by atoms with Crippen LogP contribution in [0.5, 0.6) is 5.75 Å². The third-order valence-corrected chi connectivity index (χ3v) is 3.05. The van der Waals surface area contributed by atoms with E-state index in [9.17, 15) is 4.79 Å². The Kier molecular flexibility index (Phi) is 3.97. The minimum Gasteiger partial charge on any atom is -0.482 e. The van der Waals surface area contributed by atoms with Crippen molar-refractivity contribution in [3.63, 3.8) is 0 Å². The molecule has 0 fully saturated rings. The van der Waals surface area contributed by atoms with E-state index in [1.54, 1.807) is 6.07 Å². The molecule has 0 atom stereocenters. The number of carbonyl (C=O) groups excluding carboxylic acids is 1. The van der Waals surface area contributed by atoms with Crippen LogP contribution in [0.2, 0.25) is 5.02 Å². The van der Waals surface area contributed by atoms with Gasteiger partial charge in [-0.05, 0) is 18.4 Å². The summed E-state index contributed by atoms with van der Waals surface area (Å²) in [6, 6.07) is 3.54. The molecule has 4 nitrogen and oxygen atoms in total. The molecule has 1 aliphatic heterocycles. The standard InChI is InChI=1S/C13H17ClN2O2/c1-8(2)3-4-15-10-6-12-11(5-9(10)14)16-13(17)7-18-12/h5-6,8,15H,3-4,7H2,1-2H3,(H,16,17). The van der Waals surface area contributed by atoms with Crippen molar-refractivity contribution in [3.05, 3.63) is 17.2 Å². The lowest BCUT2D eigenvalue weighted by molar-refractivity contribution is -0.118. The van der Waals surface area contributed by atoms with Crippen LogP contribution in [0, 0.1) is 5.92 Å². The minimum absolute atomic E-state index is 0.0556. The van der Waals surface area contributed by atoms with Crippen LogP contribution in [0.3, 0.4) is 0 Å². The van der Waals surface area contributed by atoms with E-state index in [1.165, 1.54) is 0 Å². The molecular weight excluding hydrogens is 252 g/mol. The molecule has 1 heterocycles. The fourth-order valence-electron chi connectivity index (χ4n) is 1.73. The highest BCUT2D eigenvalue weighted by molar-refractivity contribution is 6.33. The normalized spacial score (nSPS) is 13.9. The van der Waals surface area contributed by atoms with E-state index >= 15 is 0 Å². The predicted molar refractivity (Wildman–Crippen MR) is 73.5 cm³/mol.